The van der Waals surface area contributed by atoms with Gasteiger partial charge in [0.15, 0.2) is 0 Å². The maximum Gasteiger partial charge on any atom is 0.225 e. The van der Waals surface area contributed by atoms with Crippen molar-refractivity contribution in [2.24, 2.45) is 0 Å². The van der Waals surface area contributed by atoms with E-state index in [4.69, 9.17) is 0 Å². The normalized spacial score (nSPS) is 9.62. The first kappa shape index (κ1) is 12.2. The summed E-state index contributed by atoms with van der Waals surface area (Å²) in [5.41, 5.74) is 2.15. The van der Waals surface area contributed by atoms with Gasteiger partial charge in [0, 0.05) is 26.2 Å². The monoisotopic (exact) mass is 220 g/mol. The van der Waals surface area contributed by atoms with Gasteiger partial charge in [-0.1, -0.05) is 12.1 Å². The Morgan fingerprint density at radius 1 is 1.38 bits per heavy atom. The lowest BCUT2D eigenvalue weighted by Crippen LogP contribution is -2.29. The highest BCUT2D eigenvalue weighted by atomic mass is 16.2. The Balaban J connectivity index is 2.53. The fourth-order valence-corrected chi connectivity index (χ4v) is 1.37. The number of nitrogens with one attached hydrogen (secondary N) is 1. The lowest BCUT2D eigenvalue weighted by atomic mass is 10.1. The van der Waals surface area contributed by atoms with Gasteiger partial charge in [-0.05, 0) is 24.1 Å². The van der Waals surface area contributed by atoms with Crippen LogP contribution in [0, 0.1) is 0 Å². The van der Waals surface area contributed by atoms with Crippen molar-refractivity contribution in [2.45, 2.75) is 13.3 Å². The van der Waals surface area contributed by atoms with Crippen molar-refractivity contribution >= 4 is 18.0 Å². The first-order chi connectivity index (χ1) is 7.67. The van der Waals surface area contributed by atoms with Gasteiger partial charge in [-0.25, -0.2) is 0 Å². The van der Waals surface area contributed by atoms with Crippen LogP contribution in [-0.4, -0.2) is 30.8 Å². The molecular formula is C12H16N2O2. The Bertz CT molecular complexity index is 360. The largest absolute Gasteiger partial charge is 0.388 e. The SMILES string of the molecule is CNc1ccc(CCN(C=O)C(C)=O)cc1. The first-order valence-corrected chi connectivity index (χ1v) is 5.16. The smallest absolute Gasteiger partial charge is 0.225 e. The van der Waals surface area contributed by atoms with Gasteiger partial charge in [0.05, 0.1) is 0 Å². The molecule has 0 fully saturated rings. The van der Waals surface area contributed by atoms with Crippen molar-refractivity contribution in [1.82, 2.24) is 4.90 Å². The molecule has 86 valence electrons. The Labute approximate surface area is 95.3 Å². The van der Waals surface area contributed by atoms with Crippen LogP contribution in [0.3, 0.4) is 0 Å². The Morgan fingerprint density at radius 3 is 2.44 bits per heavy atom. The second-order valence-electron chi connectivity index (χ2n) is 3.51. The van der Waals surface area contributed by atoms with Crippen LogP contribution in [0.25, 0.3) is 0 Å². The van der Waals surface area contributed by atoms with E-state index in [2.05, 4.69) is 5.32 Å². The average Bonchev–Trinajstić information content (AvgIpc) is 2.30. The summed E-state index contributed by atoms with van der Waals surface area (Å²) in [7, 11) is 1.86. The number of carbonyl (C=O) groups excluding carboxylic acids is 2. The standard InChI is InChI=1S/C12H16N2O2/c1-10(16)14(9-15)8-7-11-3-5-12(13-2)6-4-11/h3-6,9,13H,7-8H2,1-2H3. The van der Waals surface area contributed by atoms with Gasteiger partial charge in [-0.2, -0.15) is 0 Å². The molecule has 1 N–H and O–H groups in total. The highest BCUT2D eigenvalue weighted by molar-refractivity contribution is 5.84. The second-order valence-corrected chi connectivity index (χ2v) is 3.51. The zero-order valence-electron chi connectivity index (χ0n) is 9.56. The Hall–Kier alpha value is -1.84. The molecule has 0 heterocycles. The van der Waals surface area contributed by atoms with E-state index in [0.717, 1.165) is 11.3 Å². The van der Waals surface area contributed by atoms with E-state index >= 15 is 0 Å². The number of imide groups is 1. The third-order valence-electron chi connectivity index (χ3n) is 2.42. The molecule has 0 unspecified atom stereocenters. The third kappa shape index (κ3) is 3.38. The van der Waals surface area contributed by atoms with Crippen LogP contribution in [0.2, 0.25) is 0 Å². The van der Waals surface area contributed by atoms with Crippen LogP contribution < -0.4 is 5.32 Å². The number of rotatable bonds is 5. The van der Waals surface area contributed by atoms with Gasteiger partial charge in [0.1, 0.15) is 0 Å². The van der Waals surface area contributed by atoms with E-state index in [9.17, 15) is 9.59 Å². The minimum absolute atomic E-state index is 0.221. The first-order valence-electron chi connectivity index (χ1n) is 5.16. The molecule has 0 saturated heterocycles. The van der Waals surface area contributed by atoms with Crippen molar-refractivity contribution in [3.63, 3.8) is 0 Å². The summed E-state index contributed by atoms with van der Waals surface area (Å²) in [6.45, 7) is 1.82. The molecule has 0 aliphatic heterocycles. The van der Waals surface area contributed by atoms with Gasteiger partial charge >= 0.3 is 0 Å². The fourth-order valence-electron chi connectivity index (χ4n) is 1.37. The summed E-state index contributed by atoms with van der Waals surface area (Å²) in [6, 6.07) is 7.90. The molecule has 0 atom stereocenters. The lowest BCUT2D eigenvalue weighted by Gasteiger charge is -2.12. The highest BCUT2D eigenvalue weighted by Crippen LogP contribution is 2.09. The van der Waals surface area contributed by atoms with E-state index in [1.807, 2.05) is 31.3 Å². The molecule has 1 aromatic rings. The average molecular weight is 220 g/mol. The highest BCUT2D eigenvalue weighted by Gasteiger charge is 2.06. The minimum atomic E-state index is -0.221. The predicted octanol–water partition coefficient (Wildman–Crippen LogP) is 1.28. The quantitative estimate of drug-likeness (QED) is 0.760. The number of anilines is 1. The summed E-state index contributed by atoms with van der Waals surface area (Å²) in [4.78, 5) is 22.7. The van der Waals surface area contributed by atoms with E-state index in [-0.39, 0.29) is 5.91 Å². The molecule has 4 nitrogen and oxygen atoms in total. The predicted molar refractivity (Wildman–Crippen MR) is 63.1 cm³/mol. The lowest BCUT2D eigenvalue weighted by molar-refractivity contribution is -0.136. The third-order valence-corrected chi connectivity index (χ3v) is 2.42. The van der Waals surface area contributed by atoms with Crippen LogP contribution in [-0.2, 0) is 16.0 Å². The van der Waals surface area contributed by atoms with Crippen LogP contribution >= 0.6 is 0 Å². The number of nitrogens with zero attached hydrogens (tertiary/aromatic N) is 1. The number of hydrogen-bond acceptors (Lipinski definition) is 3. The topological polar surface area (TPSA) is 49.4 Å². The zero-order valence-corrected chi connectivity index (χ0v) is 9.56. The summed E-state index contributed by atoms with van der Waals surface area (Å²) in [5, 5.41) is 3.03. The van der Waals surface area contributed by atoms with Crippen LogP contribution in [0.15, 0.2) is 24.3 Å². The number of carbonyl (C=O) groups is 2. The van der Waals surface area contributed by atoms with Gasteiger partial charge < -0.3 is 5.32 Å². The van der Waals surface area contributed by atoms with Crippen LogP contribution in [0.1, 0.15) is 12.5 Å². The van der Waals surface area contributed by atoms with Gasteiger partial charge in [-0.3, -0.25) is 14.5 Å². The molecule has 1 aromatic carbocycles. The summed E-state index contributed by atoms with van der Waals surface area (Å²) < 4.78 is 0. The number of hydrogen-bond donors (Lipinski definition) is 1. The maximum atomic E-state index is 11.0. The molecule has 4 heteroatoms. The summed E-state index contributed by atoms with van der Waals surface area (Å²) in [5.74, 6) is -0.221. The molecule has 0 aliphatic carbocycles. The molecule has 16 heavy (non-hydrogen) atoms. The molecule has 1 rings (SSSR count). The van der Waals surface area contributed by atoms with Crippen molar-refractivity contribution < 1.29 is 9.59 Å². The van der Waals surface area contributed by atoms with E-state index in [1.165, 1.54) is 11.8 Å². The van der Waals surface area contributed by atoms with Crippen molar-refractivity contribution in [2.75, 3.05) is 18.9 Å². The van der Waals surface area contributed by atoms with Crippen molar-refractivity contribution in [3.8, 4) is 0 Å². The molecular weight excluding hydrogens is 204 g/mol. The Kier molecular flexibility index (Phi) is 4.51. The van der Waals surface area contributed by atoms with Crippen LogP contribution in [0.5, 0.6) is 0 Å². The molecule has 2 amide bonds. The molecule has 0 saturated carbocycles. The molecule has 0 aromatic heterocycles. The van der Waals surface area contributed by atoms with Gasteiger partial charge in [-0.15, -0.1) is 0 Å². The fraction of sp³-hybridized carbons (Fsp3) is 0.333. The van der Waals surface area contributed by atoms with Crippen molar-refractivity contribution in [1.29, 1.82) is 0 Å². The second kappa shape index (κ2) is 5.90. The molecule has 0 aliphatic rings. The van der Waals surface area contributed by atoms with Gasteiger partial charge in [0.25, 0.3) is 0 Å². The van der Waals surface area contributed by atoms with Gasteiger partial charge in [0.2, 0.25) is 12.3 Å². The molecule has 0 radical (unpaired) electrons. The van der Waals surface area contributed by atoms with E-state index < -0.39 is 0 Å². The van der Waals surface area contributed by atoms with Crippen molar-refractivity contribution in [3.05, 3.63) is 29.8 Å². The zero-order chi connectivity index (χ0) is 12.0. The molecule has 0 spiro atoms. The number of amides is 2. The van der Waals surface area contributed by atoms with E-state index in [1.54, 1.807) is 0 Å². The Morgan fingerprint density at radius 2 is 2.00 bits per heavy atom. The van der Waals surface area contributed by atoms with E-state index in [0.29, 0.717) is 19.4 Å². The van der Waals surface area contributed by atoms with Crippen LogP contribution in [0.4, 0.5) is 5.69 Å². The molecule has 0 bridgehead atoms. The maximum absolute atomic E-state index is 11.0. The summed E-state index contributed by atoms with van der Waals surface area (Å²) >= 11 is 0. The number of benzene rings is 1. The summed E-state index contributed by atoms with van der Waals surface area (Å²) in [6.07, 6.45) is 1.26. The minimum Gasteiger partial charge on any atom is -0.388 e.